The van der Waals surface area contributed by atoms with Crippen molar-refractivity contribution in [2.24, 2.45) is 5.10 Å². The molecule has 0 radical (unpaired) electrons. The van der Waals surface area contributed by atoms with Gasteiger partial charge in [0.15, 0.2) is 6.61 Å². The number of carbonyl (C=O) groups is 1. The molecule has 0 unspecified atom stereocenters. The van der Waals surface area contributed by atoms with Crippen LogP contribution in [0.4, 0.5) is 0 Å². The molecule has 0 aliphatic heterocycles. The molecule has 0 saturated heterocycles. The van der Waals surface area contributed by atoms with Crippen LogP contribution in [0.3, 0.4) is 0 Å². The number of nitrogens with one attached hydrogen (secondary N) is 1. The smallest absolute Gasteiger partial charge is 0.277 e. The number of furan rings is 1. The number of halogens is 2. The van der Waals surface area contributed by atoms with Gasteiger partial charge in [-0.05, 0) is 55.0 Å². The van der Waals surface area contributed by atoms with Crippen molar-refractivity contribution in [1.82, 2.24) is 5.43 Å². The minimum absolute atomic E-state index is 0.134. The number of hydrazone groups is 1. The standard InChI is InChI=1S/C20H16Cl2N2O3/c1-13-3-2-4-15(9-13)26-12-20(25)24-23-11-16-6-8-19(27-16)17-7-5-14(21)10-18(17)22/h2-11H,12H2,1H3,(H,24,25)/b23-11+. The summed E-state index contributed by atoms with van der Waals surface area (Å²) in [6.07, 6.45) is 1.40. The van der Waals surface area contributed by atoms with Crippen LogP contribution in [0.5, 0.6) is 5.75 Å². The fourth-order valence-corrected chi connectivity index (χ4v) is 2.81. The molecule has 7 heteroatoms. The average molecular weight is 403 g/mol. The van der Waals surface area contributed by atoms with Crippen molar-refractivity contribution in [3.8, 4) is 17.1 Å². The first-order valence-corrected chi connectivity index (χ1v) is 8.83. The average Bonchev–Trinajstić information content (AvgIpc) is 3.08. The lowest BCUT2D eigenvalue weighted by Gasteiger charge is -2.05. The normalized spacial score (nSPS) is 10.9. The molecule has 0 spiro atoms. The zero-order valence-electron chi connectivity index (χ0n) is 14.4. The van der Waals surface area contributed by atoms with Gasteiger partial charge in [-0.15, -0.1) is 0 Å². The van der Waals surface area contributed by atoms with Gasteiger partial charge < -0.3 is 9.15 Å². The van der Waals surface area contributed by atoms with E-state index in [1.165, 1.54) is 6.21 Å². The third kappa shape index (κ3) is 5.36. The summed E-state index contributed by atoms with van der Waals surface area (Å²) in [6, 6.07) is 16.1. The van der Waals surface area contributed by atoms with E-state index in [1.807, 2.05) is 25.1 Å². The number of carbonyl (C=O) groups excluding carboxylic acids is 1. The van der Waals surface area contributed by atoms with Gasteiger partial charge in [-0.25, -0.2) is 5.43 Å². The van der Waals surface area contributed by atoms with E-state index in [0.717, 1.165) is 11.1 Å². The number of nitrogens with zero attached hydrogens (tertiary/aromatic N) is 1. The summed E-state index contributed by atoms with van der Waals surface area (Å²) < 4.78 is 11.1. The van der Waals surface area contributed by atoms with Gasteiger partial charge in [-0.1, -0.05) is 35.3 Å². The molecule has 5 nitrogen and oxygen atoms in total. The molecule has 0 bridgehead atoms. The topological polar surface area (TPSA) is 63.8 Å². The maximum absolute atomic E-state index is 11.8. The van der Waals surface area contributed by atoms with Crippen LogP contribution < -0.4 is 10.2 Å². The summed E-state index contributed by atoms with van der Waals surface area (Å²) in [5.41, 5.74) is 4.16. The van der Waals surface area contributed by atoms with E-state index in [-0.39, 0.29) is 12.5 Å². The molecule has 0 aliphatic rings. The van der Waals surface area contributed by atoms with Gasteiger partial charge in [0.1, 0.15) is 17.3 Å². The number of amides is 1. The number of aryl methyl sites for hydroxylation is 1. The molecular weight excluding hydrogens is 387 g/mol. The molecule has 1 aromatic heterocycles. The van der Waals surface area contributed by atoms with E-state index < -0.39 is 0 Å². The second-order valence-corrected chi connectivity index (χ2v) is 6.57. The van der Waals surface area contributed by atoms with Crippen molar-refractivity contribution in [1.29, 1.82) is 0 Å². The van der Waals surface area contributed by atoms with Crippen LogP contribution in [-0.2, 0) is 4.79 Å². The molecule has 138 valence electrons. The van der Waals surface area contributed by atoms with E-state index in [2.05, 4.69) is 10.5 Å². The summed E-state index contributed by atoms with van der Waals surface area (Å²) in [5.74, 6) is 1.30. The van der Waals surface area contributed by atoms with E-state index in [4.69, 9.17) is 32.4 Å². The first kappa shape index (κ1) is 19.0. The Labute approximate surface area is 166 Å². The molecule has 2 aromatic carbocycles. The van der Waals surface area contributed by atoms with Crippen molar-refractivity contribution in [3.63, 3.8) is 0 Å². The van der Waals surface area contributed by atoms with Crippen LogP contribution >= 0.6 is 23.2 Å². The Kier molecular flexibility index (Phi) is 6.16. The molecule has 1 N–H and O–H groups in total. The number of ether oxygens (including phenoxy) is 1. The Morgan fingerprint density at radius 1 is 1.19 bits per heavy atom. The van der Waals surface area contributed by atoms with Gasteiger partial charge in [0.25, 0.3) is 5.91 Å². The van der Waals surface area contributed by atoms with Crippen LogP contribution in [-0.4, -0.2) is 18.7 Å². The lowest BCUT2D eigenvalue weighted by atomic mass is 10.2. The Morgan fingerprint density at radius 3 is 2.81 bits per heavy atom. The lowest BCUT2D eigenvalue weighted by molar-refractivity contribution is -0.123. The van der Waals surface area contributed by atoms with E-state index in [9.17, 15) is 4.79 Å². The van der Waals surface area contributed by atoms with Crippen LogP contribution in [0.1, 0.15) is 11.3 Å². The van der Waals surface area contributed by atoms with E-state index >= 15 is 0 Å². The summed E-state index contributed by atoms with van der Waals surface area (Å²) in [6.45, 7) is 1.82. The quantitative estimate of drug-likeness (QED) is 0.461. The Hall–Kier alpha value is -2.76. The molecule has 0 saturated carbocycles. The second-order valence-electron chi connectivity index (χ2n) is 5.72. The maximum Gasteiger partial charge on any atom is 0.277 e. The highest BCUT2D eigenvalue weighted by molar-refractivity contribution is 6.36. The third-order valence-electron chi connectivity index (χ3n) is 3.56. The molecule has 0 fully saturated rings. The van der Waals surface area contributed by atoms with Gasteiger partial charge in [0.05, 0.1) is 11.2 Å². The monoisotopic (exact) mass is 402 g/mol. The second kappa shape index (κ2) is 8.75. The van der Waals surface area contributed by atoms with Crippen molar-refractivity contribution in [2.45, 2.75) is 6.92 Å². The van der Waals surface area contributed by atoms with Gasteiger partial charge in [-0.2, -0.15) is 5.10 Å². The largest absolute Gasteiger partial charge is 0.484 e. The summed E-state index contributed by atoms with van der Waals surface area (Å²) in [4.78, 5) is 11.8. The SMILES string of the molecule is Cc1cccc(OCC(=O)N/N=C/c2ccc(-c3ccc(Cl)cc3Cl)o2)c1. The first-order valence-electron chi connectivity index (χ1n) is 8.08. The minimum Gasteiger partial charge on any atom is -0.484 e. The predicted molar refractivity (Wildman–Crippen MR) is 107 cm³/mol. The molecular formula is C20H16Cl2N2O3. The Bertz CT molecular complexity index is 983. The number of benzene rings is 2. The van der Waals surface area contributed by atoms with E-state index in [0.29, 0.717) is 27.3 Å². The highest BCUT2D eigenvalue weighted by Gasteiger charge is 2.08. The predicted octanol–water partition coefficient (Wildman–Crippen LogP) is 5.09. The molecule has 3 rings (SSSR count). The zero-order chi connectivity index (χ0) is 19.2. The highest BCUT2D eigenvalue weighted by atomic mass is 35.5. The molecule has 3 aromatic rings. The number of hydrogen-bond acceptors (Lipinski definition) is 4. The maximum atomic E-state index is 11.8. The van der Waals surface area contributed by atoms with Crippen LogP contribution in [0.2, 0.25) is 10.0 Å². The molecule has 0 aliphatic carbocycles. The van der Waals surface area contributed by atoms with E-state index in [1.54, 1.807) is 36.4 Å². The fraction of sp³-hybridized carbons (Fsp3) is 0.100. The van der Waals surface area contributed by atoms with Crippen LogP contribution in [0.15, 0.2) is 64.1 Å². The molecule has 1 heterocycles. The van der Waals surface area contributed by atoms with Crippen LogP contribution in [0, 0.1) is 6.92 Å². The van der Waals surface area contributed by atoms with Crippen molar-refractivity contribution in [2.75, 3.05) is 6.61 Å². The zero-order valence-corrected chi connectivity index (χ0v) is 15.9. The first-order chi connectivity index (χ1) is 13.0. The lowest BCUT2D eigenvalue weighted by Crippen LogP contribution is -2.24. The minimum atomic E-state index is -0.375. The number of rotatable bonds is 6. The molecule has 27 heavy (non-hydrogen) atoms. The van der Waals surface area contributed by atoms with Gasteiger partial charge in [0.2, 0.25) is 0 Å². The fourth-order valence-electron chi connectivity index (χ4n) is 2.31. The van der Waals surface area contributed by atoms with Gasteiger partial charge in [0, 0.05) is 10.6 Å². The summed E-state index contributed by atoms with van der Waals surface area (Å²) in [5, 5.41) is 4.90. The summed E-state index contributed by atoms with van der Waals surface area (Å²) in [7, 11) is 0. The van der Waals surface area contributed by atoms with Gasteiger partial charge in [-0.3, -0.25) is 4.79 Å². The Balaban J connectivity index is 1.54. The third-order valence-corrected chi connectivity index (χ3v) is 4.11. The Morgan fingerprint density at radius 2 is 2.04 bits per heavy atom. The molecule has 1 amide bonds. The molecule has 0 atom stereocenters. The van der Waals surface area contributed by atoms with Crippen LogP contribution in [0.25, 0.3) is 11.3 Å². The van der Waals surface area contributed by atoms with Gasteiger partial charge >= 0.3 is 0 Å². The van der Waals surface area contributed by atoms with Crippen molar-refractivity contribution in [3.05, 3.63) is 76.0 Å². The van der Waals surface area contributed by atoms with Crippen molar-refractivity contribution >= 4 is 35.3 Å². The summed E-state index contributed by atoms with van der Waals surface area (Å²) >= 11 is 12.1. The van der Waals surface area contributed by atoms with Crippen molar-refractivity contribution < 1.29 is 13.9 Å². The highest BCUT2D eigenvalue weighted by Crippen LogP contribution is 2.31. The number of hydrogen-bond donors (Lipinski definition) is 1.